The highest BCUT2D eigenvalue weighted by molar-refractivity contribution is 8.13. The van der Waals surface area contributed by atoms with Gasteiger partial charge in [-0.3, -0.25) is 14.9 Å². The lowest BCUT2D eigenvalue weighted by Gasteiger charge is -2.12. The van der Waals surface area contributed by atoms with E-state index in [0.717, 1.165) is 23.1 Å². The Morgan fingerprint density at radius 3 is 2.59 bits per heavy atom. The highest BCUT2D eigenvalue weighted by atomic mass is 32.2. The van der Waals surface area contributed by atoms with Crippen LogP contribution in [0, 0.1) is 0 Å². The predicted octanol–water partition coefficient (Wildman–Crippen LogP) is 2.06. The number of methoxy groups -OCH3 is 1. The van der Waals surface area contributed by atoms with Crippen LogP contribution < -0.4 is 10.1 Å². The molecule has 2 amide bonds. The third kappa shape index (κ3) is 2.88. The number of carbonyl (C=O) groups excluding carboxylic acids is 2. The van der Waals surface area contributed by atoms with E-state index in [1.807, 2.05) is 24.3 Å². The summed E-state index contributed by atoms with van der Waals surface area (Å²) in [5.41, 5.74) is 1.51. The average molecular weight is 249 g/mol. The molecule has 1 N–H and O–H groups in total. The molecule has 0 saturated carbocycles. The molecule has 0 aromatic heterocycles. The molecule has 1 saturated heterocycles. The summed E-state index contributed by atoms with van der Waals surface area (Å²) >= 11 is 1.09. The van der Waals surface area contributed by atoms with Crippen LogP contribution in [0.15, 0.2) is 29.8 Å². The molecule has 2 rings (SSSR count). The molecular weight excluding hydrogens is 238 g/mol. The third-order valence-electron chi connectivity index (χ3n) is 2.32. The monoisotopic (exact) mass is 249 g/mol. The summed E-state index contributed by atoms with van der Waals surface area (Å²) in [6.45, 7) is 0. The van der Waals surface area contributed by atoms with Crippen LogP contribution in [-0.2, 0) is 4.79 Å². The fourth-order valence-corrected chi connectivity index (χ4v) is 2.09. The number of rotatable bonds is 2. The first-order valence-electron chi connectivity index (χ1n) is 5.02. The Labute approximate surface area is 103 Å². The summed E-state index contributed by atoms with van der Waals surface area (Å²) in [4.78, 5) is 22.4. The van der Waals surface area contributed by atoms with Crippen molar-refractivity contribution >= 4 is 29.0 Å². The van der Waals surface area contributed by atoms with Gasteiger partial charge in [-0.1, -0.05) is 23.9 Å². The first kappa shape index (κ1) is 11.7. The van der Waals surface area contributed by atoms with Crippen LogP contribution in [0.1, 0.15) is 5.56 Å². The van der Waals surface area contributed by atoms with Gasteiger partial charge in [0.05, 0.1) is 7.11 Å². The SMILES string of the molecule is COc1ccc(/C=C2\CSC(=O)NC2=O)cc1. The van der Waals surface area contributed by atoms with Crippen molar-refractivity contribution in [3.05, 3.63) is 35.4 Å². The van der Waals surface area contributed by atoms with Gasteiger partial charge < -0.3 is 4.74 Å². The maximum atomic E-state index is 11.5. The van der Waals surface area contributed by atoms with E-state index >= 15 is 0 Å². The lowest BCUT2D eigenvalue weighted by molar-refractivity contribution is -0.116. The van der Waals surface area contributed by atoms with Crippen LogP contribution >= 0.6 is 11.8 Å². The van der Waals surface area contributed by atoms with E-state index < -0.39 is 0 Å². The molecule has 0 radical (unpaired) electrons. The van der Waals surface area contributed by atoms with E-state index in [0.29, 0.717) is 11.3 Å². The molecule has 0 unspecified atom stereocenters. The number of hydrogen-bond acceptors (Lipinski definition) is 4. The van der Waals surface area contributed by atoms with Gasteiger partial charge >= 0.3 is 0 Å². The lowest BCUT2D eigenvalue weighted by atomic mass is 10.1. The minimum absolute atomic E-state index is 0.290. The van der Waals surface area contributed by atoms with E-state index in [1.54, 1.807) is 13.2 Å². The maximum absolute atomic E-state index is 11.5. The van der Waals surface area contributed by atoms with Crippen LogP contribution in [0.2, 0.25) is 0 Å². The Balaban J connectivity index is 2.17. The standard InChI is InChI=1S/C12H11NO3S/c1-16-10-4-2-8(3-5-10)6-9-7-17-12(15)13-11(9)14/h2-6H,7H2,1H3,(H,13,14,15)/b9-6+. The van der Waals surface area contributed by atoms with Crippen LogP contribution in [0.25, 0.3) is 6.08 Å². The van der Waals surface area contributed by atoms with Gasteiger partial charge in [0.2, 0.25) is 0 Å². The zero-order valence-corrected chi connectivity index (χ0v) is 10.0. The van der Waals surface area contributed by atoms with E-state index in [9.17, 15) is 9.59 Å². The topological polar surface area (TPSA) is 55.4 Å². The molecule has 5 heteroatoms. The molecule has 1 aromatic rings. The Morgan fingerprint density at radius 2 is 2.00 bits per heavy atom. The number of hydrogen-bond donors (Lipinski definition) is 1. The third-order valence-corrected chi connectivity index (χ3v) is 3.14. The highest BCUT2D eigenvalue weighted by Gasteiger charge is 2.20. The number of thioether (sulfide) groups is 1. The van der Waals surface area contributed by atoms with E-state index in [4.69, 9.17) is 4.74 Å². The van der Waals surface area contributed by atoms with E-state index in [2.05, 4.69) is 5.32 Å². The molecule has 4 nitrogen and oxygen atoms in total. The van der Waals surface area contributed by atoms with Crippen molar-refractivity contribution < 1.29 is 14.3 Å². The van der Waals surface area contributed by atoms with Crippen molar-refractivity contribution in [2.24, 2.45) is 0 Å². The van der Waals surface area contributed by atoms with Crippen LogP contribution in [0.3, 0.4) is 0 Å². The number of ether oxygens (including phenoxy) is 1. The van der Waals surface area contributed by atoms with Crippen molar-refractivity contribution in [2.75, 3.05) is 12.9 Å². The average Bonchev–Trinajstić information content (AvgIpc) is 2.34. The summed E-state index contributed by atoms with van der Waals surface area (Å²) < 4.78 is 5.05. The molecule has 0 aliphatic carbocycles. The number of carbonyl (C=O) groups is 2. The fraction of sp³-hybridized carbons (Fsp3) is 0.167. The number of imide groups is 1. The van der Waals surface area contributed by atoms with Gasteiger partial charge in [-0.25, -0.2) is 0 Å². The largest absolute Gasteiger partial charge is 0.497 e. The zero-order chi connectivity index (χ0) is 12.3. The molecule has 17 heavy (non-hydrogen) atoms. The zero-order valence-electron chi connectivity index (χ0n) is 9.23. The Kier molecular flexibility index (Phi) is 3.49. The molecule has 1 aromatic carbocycles. The minimum Gasteiger partial charge on any atom is -0.497 e. The summed E-state index contributed by atoms with van der Waals surface area (Å²) in [5, 5.41) is 1.97. The number of amides is 2. The fourth-order valence-electron chi connectivity index (χ4n) is 1.43. The normalized spacial score (nSPS) is 18.1. The summed E-state index contributed by atoms with van der Waals surface area (Å²) in [6.07, 6.45) is 1.77. The molecule has 0 atom stereocenters. The van der Waals surface area contributed by atoms with Gasteiger partial charge in [-0.15, -0.1) is 0 Å². The second-order valence-corrected chi connectivity index (χ2v) is 4.42. The first-order chi connectivity index (χ1) is 8.19. The van der Waals surface area contributed by atoms with Crippen LogP contribution in [0.5, 0.6) is 5.75 Å². The molecule has 1 aliphatic rings. The van der Waals surface area contributed by atoms with Gasteiger partial charge in [-0.2, -0.15) is 0 Å². The lowest BCUT2D eigenvalue weighted by Crippen LogP contribution is -2.33. The van der Waals surface area contributed by atoms with Crippen LogP contribution in [0.4, 0.5) is 4.79 Å². The highest BCUT2D eigenvalue weighted by Crippen LogP contribution is 2.19. The van der Waals surface area contributed by atoms with Gasteiger partial charge in [0, 0.05) is 11.3 Å². The summed E-state index contributed by atoms with van der Waals surface area (Å²) in [5.74, 6) is 0.867. The smallest absolute Gasteiger partial charge is 0.286 e. The Morgan fingerprint density at radius 1 is 1.29 bits per heavy atom. The molecular formula is C12H11NO3S. The Hall–Kier alpha value is -1.75. The molecule has 88 valence electrons. The van der Waals surface area contributed by atoms with Gasteiger partial charge in [0.25, 0.3) is 11.1 Å². The number of nitrogens with one attached hydrogen (secondary N) is 1. The van der Waals surface area contributed by atoms with Crippen molar-refractivity contribution in [1.82, 2.24) is 5.32 Å². The van der Waals surface area contributed by atoms with Gasteiger partial charge in [0.1, 0.15) is 5.75 Å². The Bertz CT molecular complexity index is 479. The van der Waals surface area contributed by atoms with Crippen LogP contribution in [-0.4, -0.2) is 24.0 Å². The molecule has 1 heterocycles. The summed E-state index contributed by atoms with van der Waals surface area (Å²) in [6, 6.07) is 7.37. The van der Waals surface area contributed by atoms with E-state index in [-0.39, 0.29) is 11.1 Å². The van der Waals surface area contributed by atoms with Gasteiger partial charge in [-0.05, 0) is 23.8 Å². The number of benzene rings is 1. The van der Waals surface area contributed by atoms with Crippen molar-refractivity contribution in [1.29, 1.82) is 0 Å². The summed E-state index contributed by atoms with van der Waals surface area (Å²) in [7, 11) is 1.60. The van der Waals surface area contributed by atoms with E-state index in [1.165, 1.54) is 0 Å². The molecule has 0 bridgehead atoms. The predicted molar refractivity (Wildman–Crippen MR) is 67.0 cm³/mol. The van der Waals surface area contributed by atoms with Gasteiger partial charge in [0.15, 0.2) is 0 Å². The minimum atomic E-state index is -0.315. The molecule has 1 aliphatic heterocycles. The second-order valence-electron chi connectivity index (χ2n) is 3.47. The second kappa shape index (κ2) is 5.05. The van der Waals surface area contributed by atoms with Crippen molar-refractivity contribution in [3.8, 4) is 5.75 Å². The first-order valence-corrected chi connectivity index (χ1v) is 6.00. The quantitative estimate of drug-likeness (QED) is 0.815. The molecule has 0 spiro atoms. The van der Waals surface area contributed by atoms with Crippen molar-refractivity contribution in [2.45, 2.75) is 0 Å². The molecule has 1 fully saturated rings. The van der Waals surface area contributed by atoms with Crippen molar-refractivity contribution in [3.63, 3.8) is 0 Å². The maximum Gasteiger partial charge on any atom is 0.286 e.